The van der Waals surface area contributed by atoms with Gasteiger partial charge in [-0.25, -0.2) is 0 Å². The average Bonchev–Trinajstić information content (AvgIpc) is 3.33. The molecule has 0 radical (unpaired) electrons. The fourth-order valence-corrected chi connectivity index (χ4v) is 3.63. The van der Waals surface area contributed by atoms with E-state index in [0.717, 1.165) is 16.2 Å². The standard InChI is InChI=1S/C18H19N3O3S2/c1-12(15-4-3-9-25-15)19-16(22)11-26-18-21-20-17(24-18)10-13-5-7-14(23-2)8-6-13/h3-9,12H,10-11H2,1-2H3,(H,19,22). The van der Waals surface area contributed by atoms with Gasteiger partial charge in [-0.3, -0.25) is 4.79 Å². The topological polar surface area (TPSA) is 77.2 Å². The number of thiophene rings is 1. The van der Waals surface area contributed by atoms with Gasteiger partial charge in [-0.2, -0.15) is 0 Å². The summed E-state index contributed by atoms with van der Waals surface area (Å²) >= 11 is 2.86. The molecule has 1 amide bonds. The maximum Gasteiger partial charge on any atom is 0.277 e. The van der Waals surface area contributed by atoms with Crippen LogP contribution in [0.4, 0.5) is 0 Å². The predicted octanol–water partition coefficient (Wildman–Crippen LogP) is 3.70. The van der Waals surface area contributed by atoms with Crippen molar-refractivity contribution in [1.29, 1.82) is 0 Å². The van der Waals surface area contributed by atoms with Gasteiger partial charge in [0.2, 0.25) is 11.8 Å². The average molecular weight is 390 g/mol. The van der Waals surface area contributed by atoms with Crippen LogP contribution >= 0.6 is 23.1 Å². The van der Waals surface area contributed by atoms with E-state index in [4.69, 9.17) is 9.15 Å². The zero-order valence-electron chi connectivity index (χ0n) is 14.5. The van der Waals surface area contributed by atoms with Crippen LogP contribution < -0.4 is 10.1 Å². The molecule has 1 N–H and O–H groups in total. The Labute approximate surface area is 160 Å². The zero-order valence-corrected chi connectivity index (χ0v) is 16.1. The quantitative estimate of drug-likeness (QED) is 0.592. The molecule has 26 heavy (non-hydrogen) atoms. The summed E-state index contributed by atoms with van der Waals surface area (Å²) in [5, 5.41) is 13.4. The van der Waals surface area contributed by atoms with Crippen molar-refractivity contribution < 1.29 is 13.9 Å². The first-order chi connectivity index (χ1) is 12.6. The number of carbonyl (C=O) groups is 1. The molecular weight excluding hydrogens is 370 g/mol. The van der Waals surface area contributed by atoms with Crippen LogP contribution in [0, 0.1) is 0 Å². The van der Waals surface area contributed by atoms with Crippen LogP contribution in [0.1, 0.15) is 29.3 Å². The fourth-order valence-electron chi connectivity index (χ4n) is 2.31. The number of aromatic nitrogens is 2. The summed E-state index contributed by atoms with van der Waals surface area (Å²) in [6, 6.07) is 11.7. The van der Waals surface area contributed by atoms with Crippen LogP contribution in [-0.4, -0.2) is 29.0 Å². The van der Waals surface area contributed by atoms with Crippen molar-refractivity contribution in [3.05, 3.63) is 58.1 Å². The lowest BCUT2D eigenvalue weighted by Crippen LogP contribution is -2.27. The molecular formula is C18H19N3O3S2. The van der Waals surface area contributed by atoms with E-state index in [-0.39, 0.29) is 17.7 Å². The van der Waals surface area contributed by atoms with Crippen LogP contribution in [-0.2, 0) is 11.2 Å². The highest BCUT2D eigenvalue weighted by Gasteiger charge is 2.13. The van der Waals surface area contributed by atoms with Gasteiger partial charge >= 0.3 is 0 Å². The summed E-state index contributed by atoms with van der Waals surface area (Å²) in [7, 11) is 1.63. The Bertz CT molecular complexity index is 832. The minimum atomic E-state index is -0.0641. The van der Waals surface area contributed by atoms with Gasteiger partial charge < -0.3 is 14.5 Å². The van der Waals surface area contributed by atoms with Gasteiger partial charge in [-0.1, -0.05) is 30.0 Å². The minimum absolute atomic E-state index is 0.00332. The number of ether oxygens (including phenoxy) is 1. The van der Waals surface area contributed by atoms with Crippen LogP contribution in [0.3, 0.4) is 0 Å². The van der Waals surface area contributed by atoms with Crippen LogP contribution in [0.5, 0.6) is 5.75 Å². The highest BCUT2D eigenvalue weighted by molar-refractivity contribution is 7.99. The molecule has 0 spiro atoms. The first-order valence-electron chi connectivity index (χ1n) is 8.05. The number of amides is 1. The molecule has 0 aliphatic heterocycles. The SMILES string of the molecule is COc1ccc(Cc2nnc(SCC(=O)NC(C)c3cccs3)o2)cc1. The first-order valence-corrected chi connectivity index (χ1v) is 9.91. The lowest BCUT2D eigenvalue weighted by molar-refractivity contribution is -0.119. The maximum absolute atomic E-state index is 12.1. The summed E-state index contributed by atoms with van der Waals surface area (Å²) in [5.41, 5.74) is 1.05. The smallest absolute Gasteiger partial charge is 0.277 e. The molecule has 0 saturated heterocycles. The molecule has 1 atom stereocenters. The van der Waals surface area contributed by atoms with Gasteiger partial charge in [-0.15, -0.1) is 21.5 Å². The van der Waals surface area contributed by atoms with Gasteiger partial charge in [0.1, 0.15) is 5.75 Å². The number of hydrogen-bond acceptors (Lipinski definition) is 7. The predicted molar refractivity (Wildman–Crippen MR) is 102 cm³/mol. The number of hydrogen-bond donors (Lipinski definition) is 1. The van der Waals surface area contributed by atoms with Gasteiger partial charge in [-0.05, 0) is 36.1 Å². The summed E-state index contributed by atoms with van der Waals surface area (Å²) in [5.74, 6) is 1.49. The highest BCUT2D eigenvalue weighted by Crippen LogP contribution is 2.21. The lowest BCUT2D eigenvalue weighted by atomic mass is 10.1. The lowest BCUT2D eigenvalue weighted by Gasteiger charge is -2.11. The second-order valence-corrected chi connectivity index (χ2v) is 7.49. The monoisotopic (exact) mass is 389 g/mol. The van der Waals surface area contributed by atoms with E-state index in [9.17, 15) is 4.79 Å². The Balaban J connectivity index is 1.47. The van der Waals surface area contributed by atoms with Gasteiger partial charge in [0.25, 0.3) is 5.22 Å². The number of rotatable bonds is 8. The molecule has 3 aromatic rings. The number of benzene rings is 1. The molecule has 0 aliphatic rings. The summed E-state index contributed by atoms with van der Waals surface area (Å²) in [4.78, 5) is 13.2. The molecule has 8 heteroatoms. The van der Waals surface area contributed by atoms with E-state index in [1.165, 1.54) is 11.8 Å². The Kier molecular flexibility index (Phi) is 6.30. The van der Waals surface area contributed by atoms with Crippen molar-refractivity contribution in [3.63, 3.8) is 0 Å². The molecule has 0 aliphatic carbocycles. The maximum atomic E-state index is 12.1. The van der Waals surface area contributed by atoms with Crippen molar-refractivity contribution in [2.75, 3.05) is 12.9 Å². The molecule has 3 rings (SSSR count). The number of thioether (sulfide) groups is 1. The largest absolute Gasteiger partial charge is 0.497 e. The Morgan fingerprint density at radius 2 is 2.12 bits per heavy atom. The van der Waals surface area contributed by atoms with Crippen molar-refractivity contribution in [2.24, 2.45) is 0 Å². The van der Waals surface area contributed by atoms with Crippen molar-refractivity contribution >= 4 is 29.0 Å². The normalized spacial score (nSPS) is 11.9. The molecule has 136 valence electrons. The number of nitrogens with one attached hydrogen (secondary N) is 1. The molecule has 1 unspecified atom stereocenters. The van der Waals surface area contributed by atoms with Gasteiger partial charge in [0.05, 0.1) is 25.3 Å². The van der Waals surface area contributed by atoms with Crippen molar-refractivity contribution in [1.82, 2.24) is 15.5 Å². The third-order valence-corrected chi connectivity index (χ3v) is 5.51. The molecule has 0 bridgehead atoms. The van der Waals surface area contributed by atoms with E-state index >= 15 is 0 Å². The minimum Gasteiger partial charge on any atom is -0.497 e. The third-order valence-electron chi connectivity index (χ3n) is 3.64. The number of carbonyl (C=O) groups excluding carboxylic acids is 1. The van der Waals surface area contributed by atoms with E-state index in [1.807, 2.05) is 48.7 Å². The second-order valence-electron chi connectivity index (χ2n) is 5.58. The van der Waals surface area contributed by atoms with E-state index in [0.29, 0.717) is 17.5 Å². The van der Waals surface area contributed by atoms with Gasteiger partial charge in [0, 0.05) is 4.88 Å². The van der Waals surface area contributed by atoms with E-state index in [1.54, 1.807) is 18.4 Å². The van der Waals surface area contributed by atoms with Crippen LogP contribution in [0.25, 0.3) is 0 Å². The Morgan fingerprint density at radius 3 is 2.81 bits per heavy atom. The first kappa shape index (κ1) is 18.5. The third kappa shape index (κ3) is 5.09. The Morgan fingerprint density at radius 1 is 1.31 bits per heavy atom. The molecule has 2 aromatic heterocycles. The molecule has 6 nitrogen and oxygen atoms in total. The van der Waals surface area contributed by atoms with E-state index < -0.39 is 0 Å². The van der Waals surface area contributed by atoms with E-state index in [2.05, 4.69) is 15.5 Å². The Hall–Kier alpha value is -2.32. The van der Waals surface area contributed by atoms with Gasteiger partial charge in [0.15, 0.2) is 0 Å². The summed E-state index contributed by atoms with van der Waals surface area (Å²) in [6.45, 7) is 1.97. The number of nitrogens with zero attached hydrogens (tertiary/aromatic N) is 2. The fraction of sp³-hybridized carbons (Fsp3) is 0.278. The summed E-state index contributed by atoms with van der Waals surface area (Å²) in [6.07, 6.45) is 0.541. The van der Waals surface area contributed by atoms with Crippen molar-refractivity contribution in [2.45, 2.75) is 24.6 Å². The molecule has 0 fully saturated rings. The second kappa shape index (κ2) is 8.86. The zero-order chi connectivity index (χ0) is 18.4. The van der Waals surface area contributed by atoms with Crippen molar-refractivity contribution in [3.8, 4) is 5.75 Å². The summed E-state index contributed by atoms with van der Waals surface area (Å²) < 4.78 is 10.7. The van der Waals surface area contributed by atoms with Crippen LogP contribution in [0.15, 0.2) is 51.4 Å². The van der Waals surface area contributed by atoms with Crippen LogP contribution in [0.2, 0.25) is 0 Å². The molecule has 1 aromatic carbocycles. The highest BCUT2D eigenvalue weighted by atomic mass is 32.2. The number of methoxy groups -OCH3 is 1. The molecule has 0 saturated carbocycles. The molecule has 2 heterocycles.